The van der Waals surface area contributed by atoms with Crippen molar-refractivity contribution in [1.29, 1.82) is 0 Å². The van der Waals surface area contributed by atoms with Crippen LogP contribution in [0.15, 0.2) is 0 Å². The van der Waals surface area contributed by atoms with Crippen LogP contribution in [0, 0.1) is 17.3 Å². The zero-order chi connectivity index (χ0) is 9.83. The van der Waals surface area contributed by atoms with Crippen molar-refractivity contribution in [3.05, 3.63) is 0 Å². The summed E-state index contributed by atoms with van der Waals surface area (Å²) in [7, 11) is -2.35. The van der Waals surface area contributed by atoms with Gasteiger partial charge in [0.15, 0.2) is 7.37 Å². The van der Waals surface area contributed by atoms with Crippen molar-refractivity contribution in [2.75, 3.05) is 19.9 Å². The van der Waals surface area contributed by atoms with Crippen molar-refractivity contribution in [2.45, 2.75) is 20.8 Å². The average molecular weight is 188 g/mol. The van der Waals surface area contributed by atoms with Crippen LogP contribution >= 0.6 is 7.37 Å². The highest BCUT2D eigenvalue weighted by Gasteiger charge is 2.18. The van der Waals surface area contributed by atoms with E-state index in [9.17, 15) is 4.57 Å². The zero-order valence-corrected chi connectivity index (χ0v) is 9.37. The van der Waals surface area contributed by atoms with Gasteiger partial charge >= 0.3 is 0 Å². The fraction of sp³-hybridized carbons (Fsp3) is 0.778. The van der Waals surface area contributed by atoms with Gasteiger partial charge in [-0.3, -0.25) is 4.57 Å². The molecule has 0 aliphatic heterocycles. The standard InChI is InChI=1S/C9H17O2P/c1-6-7-9(2,3)8-11-12(4,5)10/h8H2,1-5H3. The summed E-state index contributed by atoms with van der Waals surface area (Å²) in [6.07, 6.45) is 0. The maximum absolute atomic E-state index is 11.2. The Labute approximate surface area is 75.1 Å². The Balaban J connectivity index is 4.07. The van der Waals surface area contributed by atoms with Gasteiger partial charge in [-0.2, -0.15) is 0 Å². The third-order valence-electron chi connectivity index (χ3n) is 1.20. The van der Waals surface area contributed by atoms with E-state index in [0.29, 0.717) is 6.61 Å². The highest BCUT2D eigenvalue weighted by atomic mass is 31.2. The highest BCUT2D eigenvalue weighted by molar-refractivity contribution is 7.57. The van der Waals surface area contributed by atoms with Crippen molar-refractivity contribution >= 4 is 7.37 Å². The van der Waals surface area contributed by atoms with E-state index in [2.05, 4.69) is 11.8 Å². The number of hydrogen-bond acceptors (Lipinski definition) is 2. The zero-order valence-electron chi connectivity index (χ0n) is 8.47. The van der Waals surface area contributed by atoms with E-state index < -0.39 is 7.37 Å². The van der Waals surface area contributed by atoms with Crippen LogP contribution in [0.25, 0.3) is 0 Å². The third-order valence-corrected chi connectivity index (χ3v) is 1.95. The molecule has 0 spiro atoms. The highest BCUT2D eigenvalue weighted by Crippen LogP contribution is 2.39. The molecule has 0 saturated carbocycles. The van der Waals surface area contributed by atoms with E-state index in [4.69, 9.17) is 4.52 Å². The molecule has 70 valence electrons. The predicted octanol–water partition coefficient (Wildman–Crippen LogP) is 2.59. The summed E-state index contributed by atoms with van der Waals surface area (Å²) in [6.45, 7) is 9.39. The molecule has 0 fully saturated rings. The van der Waals surface area contributed by atoms with Gasteiger partial charge in [-0.25, -0.2) is 0 Å². The summed E-state index contributed by atoms with van der Waals surface area (Å²) in [5.74, 6) is 5.82. The molecule has 2 nitrogen and oxygen atoms in total. The number of rotatable bonds is 3. The van der Waals surface area contributed by atoms with Gasteiger partial charge in [-0.15, -0.1) is 5.92 Å². The van der Waals surface area contributed by atoms with Crippen LogP contribution in [0.2, 0.25) is 0 Å². The minimum absolute atomic E-state index is 0.198. The molecule has 0 aromatic heterocycles. The molecule has 0 radical (unpaired) electrons. The minimum Gasteiger partial charge on any atom is -0.327 e. The first-order valence-corrected chi connectivity index (χ1v) is 6.42. The lowest BCUT2D eigenvalue weighted by Crippen LogP contribution is -2.15. The van der Waals surface area contributed by atoms with E-state index in [1.54, 1.807) is 20.3 Å². The summed E-state index contributed by atoms with van der Waals surface area (Å²) < 4.78 is 16.4. The minimum atomic E-state index is -2.35. The Morgan fingerprint density at radius 2 is 1.92 bits per heavy atom. The molecule has 0 aliphatic rings. The molecule has 0 unspecified atom stereocenters. The largest absolute Gasteiger partial charge is 0.327 e. The second-order valence-electron chi connectivity index (χ2n) is 3.78. The molecule has 0 aromatic rings. The van der Waals surface area contributed by atoms with Crippen molar-refractivity contribution in [3.8, 4) is 11.8 Å². The van der Waals surface area contributed by atoms with E-state index in [-0.39, 0.29) is 5.41 Å². The summed E-state index contributed by atoms with van der Waals surface area (Å²) in [5, 5.41) is 0. The molecular formula is C9H17O2P. The molecule has 0 atom stereocenters. The topological polar surface area (TPSA) is 26.3 Å². The molecule has 0 heterocycles. The molecule has 0 rings (SSSR count). The molecule has 0 aromatic carbocycles. The molecular weight excluding hydrogens is 171 g/mol. The summed E-state index contributed by atoms with van der Waals surface area (Å²) in [6, 6.07) is 0. The van der Waals surface area contributed by atoms with Gasteiger partial charge in [0, 0.05) is 18.7 Å². The van der Waals surface area contributed by atoms with Gasteiger partial charge in [0.05, 0.1) is 6.61 Å². The second kappa shape index (κ2) is 4.12. The van der Waals surface area contributed by atoms with Crippen LogP contribution in [0.5, 0.6) is 0 Å². The van der Waals surface area contributed by atoms with Gasteiger partial charge in [0.1, 0.15) is 0 Å². The molecule has 0 N–H and O–H groups in total. The Bertz CT molecular complexity index is 239. The van der Waals surface area contributed by atoms with E-state index in [1.165, 1.54) is 0 Å². The van der Waals surface area contributed by atoms with Crippen LogP contribution < -0.4 is 0 Å². The predicted molar refractivity (Wildman–Crippen MR) is 52.6 cm³/mol. The monoisotopic (exact) mass is 188 g/mol. The first-order valence-electron chi connectivity index (χ1n) is 3.90. The van der Waals surface area contributed by atoms with Crippen LogP contribution in [0.3, 0.4) is 0 Å². The van der Waals surface area contributed by atoms with E-state index in [0.717, 1.165) is 0 Å². The Morgan fingerprint density at radius 3 is 2.25 bits per heavy atom. The van der Waals surface area contributed by atoms with Gasteiger partial charge in [-0.05, 0) is 20.8 Å². The van der Waals surface area contributed by atoms with Crippen LogP contribution in [0.1, 0.15) is 20.8 Å². The van der Waals surface area contributed by atoms with Crippen LogP contribution in [0.4, 0.5) is 0 Å². The van der Waals surface area contributed by atoms with Crippen LogP contribution in [-0.2, 0) is 9.09 Å². The quantitative estimate of drug-likeness (QED) is 0.502. The van der Waals surface area contributed by atoms with E-state index >= 15 is 0 Å². The van der Waals surface area contributed by atoms with E-state index in [1.807, 2.05) is 13.8 Å². The normalized spacial score (nSPS) is 12.1. The summed E-state index contributed by atoms with van der Waals surface area (Å²) in [5.41, 5.74) is -0.198. The van der Waals surface area contributed by atoms with Crippen molar-refractivity contribution in [2.24, 2.45) is 5.41 Å². The molecule has 12 heavy (non-hydrogen) atoms. The van der Waals surface area contributed by atoms with Crippen molar-refractivity contribution in [3.63, 3.8) is 0 Å². The maximum atomic E-state index is 11.2. The van der Waals surface area contributed by atoms with Gasteiger partial charge in [-0.1, -0.05) is 5.92 Å². The molecule has 3 heteroatoms. The van der Waals surface area contributed by atoms with Crippen molar-refractivity contribution < 1.29 is 9.09 Å². The fourth-order valence-corrected chi connectivity index (χ4v) is 1.32. The van der Waals surface area contributed by atoms with Gasteiger partial charge < -0.3 is 4.52 Å². The summed E-state index contributed by atoms with van der Waals surface area (Å²) >= 11 is 0. The third kappa shape index (κ3) is 6.46. The lowest BCUT2D eigenvalue weighted by molar-refractivity contribution is 0.234. The second-order valence-corrected chi connectivity index (χ2v) is 6.55. The molecule has 0 saturated heterocycles. The first-order chi connectivity index (χ1) is 5.27. The fourth-order valence-electron chi connectivity index (χ4n) is 0.691. The van der Waals surface area contributed by atoms with Gasteiger partial charge in [0.25, 0.3) is 0 Å². The van der Waals surface area contributed by atoms with Gasteiger partial charge in [0.2, 0.25) is 0 Å². The smallest absolute Gasteiger partial charge is 0.197 e. The molecule has 0 bridgehead atoms. The lowest BCUT2D eigenvalue weighted by atomic mass is 9.96. The molecule has 0 amide bonds. The SMILES string of the molecule is CC#CC(C)(C)COP(C)(C)=O. The number of hydrogen-bond donors (Lipinski definition) is 0. The van der Waals surface area contributed by atoms with Crippen LogP contribution in [-0.4, -0.2) is 19.9 Å². The first kappa shape index (κ1) is 11.8. The Hall–Kier alpha value is -0.250. The molecule has 0 aliphatic carbocycles. The summed E-state index contributed by atoms with van der Waals surface area (Å²) in [4.78, 5) is 0. The van der Waals surface area contributed by atoms with Crippen molar-refractivity contribution in [1.82, 2.24) is 0 Å². The Kier molecular flexibility index (Phi) is 4.03. The maximum Gasteiger partial charge on any atom is 0.197 e. The average Bonchev–Trinajstić information content (AvgIpc) is 1.83. The lowest BCUT2D eigenvalue weighted by Gasteiger charge is -2.19. The Morgan fingerprint density at radius 1 is 1.42 bits per heavy atom.